The molecule has 0 unspecified atom stereocenters. The number of para-hydroxylation sites is 3. The van der Waals surface area contributed by atoms with E-state index < -0.39 is 0 Å². The van der Waals surface area contributed by atoms with Gasteiger partial charge >= 0.3 is 0 Å². The lowest BCUT2D eigenvalue weighted by atomic mass is 9.94. The van der Waals surface area contributed by atoms with Crippen LogP contribution in [-0.4, -0.2) is 4.57 Å². The molecule has 0 N–H and O–H groups in total. The molecule has 40 heavy (non-hydrogen) atoms. The van der Waals surface area contributed by atoms with Crippen molar-refractivity contribution < 1.29 is 0 Å². The van der Waals surface area contributed by atoms with Gasteiger partial charge in [0, 0.05) is 42.1 Å². The molecule has 5 aromatic carbocycles. The first-order chi connectivity index (χ1) is 19.8. The summed E-state index contributed by atoms with van der Waals surface area (Å²) < 4.78 is 4.98. The number of nitrogens with zero attached hydrogens (tertiary/aromatic N) is 2. The van der Waals surface area contributed by atoms with Crippen molar-refractivity contribution in [1.29, 1.82) is 5.26 Å². The first kappa shape index (κ1) is 23.0. The van der Waals surface area contributed by atoms with E-state index in [0.29, 0.717) is 0 Å². The van der Waals surface area contributed by atoms with Gasteiger partial charge in [-0.05, 0) is 78.1 Å². The fourth-order valence-corrected chi connectivity index (χ4v) is 7.28. The Hall–Kier alpha value is -4.91. The van der Waals surface area contributed by atoms with Crippen molar-refractivity contribution in [2.75, 3.05) is 0 Å². The molecule has 188 valence electrons. The normalized spacial score (nSPS) is 13.6. The van der Waals surface area contributed by atoms with Crippen molar-refractivity contribution in [3.63, 3.8) is 0 Å². The number of hydrogen-bond donors (Lipinski definition) is 0. The Balaban J connectivity index is 1.33. The van der Waals surface area contributed by atoms with Crippen molar-refractivity contribution >= 4 is 58.9 Å². The molecule has 0 amide bonds. The number of aromatic nitrogens is 1. The Morgan fingerprint density at radius 1 is 0.650 bits per heavy atom. The lowest BCUT2D eigenvalue weighted by Gasteiger charge is -2.14. The van der Waals surface area contributed by atoms with Gasteiger partial charge in [0.15, 0.2) is 0 Å². The number of allylic oxidation sites excluding steroid dienone is 4. The summed E-state index contributed by atoms with van der Waals surface area (Å²) in [5.74, 6) is 0. The zero-order valence-corrected chi connectivity index (χ0v) is 22.6. The third-order valence-electron chi connectivity index (χ3n) is 8.09. The minimum atomic E-state index is 0.832. The van der Waals surface area contributed by atoms with E-state index in [4.69, 9.17) is 0 Å². The topological polar surface area (TPSA) is 28.7 Å². The molecule has 2 nitrogen and oxygen atoms in total. The number of nitriles is 1. The van der Waals surface area contributed by atoms with Gasteiger partial charge < -0.3 is 4.57 Å². The van der Waals surface area contributed by atoms with Crippen LogP contribution in [0.1, 0.15) is 18.4 Å². The molecular weight excluding hydrogens is 504 g/mol. The second-order valence-electron chi connectivity index (χ2n) is 10.4. The molecule has 1 aliphatic rings. The molecule has 0 radical (unpaired) electrons. The third kappa shape index (κ3) is 3.54. The van der Waals surface area contributed by atoms with Crippen molar-refractivity contribution in [3.8, 4) is 22.9 Å². The fraction of sp³-hybridized carbons (Fsp3) is 0.0541. The molecule has 2 heterocycles. The van der Waals surface area contributed by atoms with Gasteiger partial charge in [-0.15, -0.1) is 11.3 Å². The molecular formula is C37H24N2S. The maximum absolute atomic E-state index is 9.44. The molecule has 0 spiro atoms. The van der Waals surface area contributed by atoms with Crippen LogP contribution in [0, 0.1) is 11.3 Å². The highest BCUT2D eigenvalue weighted by atomic mass is 32.1. The maximum atomic E-state index is 9.44. The zero-order chi connectivity index (χ0) is 26.6. The summed E-state index contributed by atoms with van der Waals surface area (Å²) in [4.78, 5) is 0. The number of fused-ring (bicyclic) bond motifs is 6. The predicted octanol–water partition coefficient (Wildman–Crippen LogP) is 10.4. The standard InChI is InChI=1S/C37H24N2S/c38-23-24-8-7-9-25(20-24)26-16-18-36-31(21-26)32-22-27(17-19-37(32)40-36)28-10-1-4-13-33(28)39-34-14-5-2-11-29(34)30-12-3-6-15-35(30)39/h1-6,9-22H,7-8H2. The monoisotopic (exact) mass is 528 g/mol. The van der Waals surface area contributed by atoms with Crippen LogP contribution in [0.15, 0.2) is 127 Å². The number of hydrogen-bond acceptors (Lipinski definition) is 2. The van der Waals surface area contributed by atoms with Crippen molar-refractivity contribution in [1.82, 2.24) is 4.57 Å². The molecule has 2 aromatic heterocycles. The summed E-state index contributed by atoms with van der Waals surface area (Å²) in [5.41, 5.74) is 9.22. The molecule has 0 bridgehead atoms. The highest BCUT2D eigenvalue weighted by Crippen LogP contribution is 2.41. The minimum absolute atomic E-state index is 0.832. The van der Waals surface area contributed by atoms with E-state index in [-0.39, 0.29) is 0 Å². The van der Waals surface area contributed by atoms with Crippen LogP contribution in [0.25, 0.3) is 64.4 Å². The van der Waals surface area contributed by atoms with Crippen LogP contribution in [-0.2, 0) is 0 Å². The van der Waals surface area contributed by atoms with Crippen LogP contribution in [0.5, 0.6) is 0 Å². The van der Waals surface area contributed by atoms with Gasteiger partial charge in [-0.3, -0.25) is 0 Å². The lowest BCUT2D eigenvalue weighted by Crippen LogP contribution is -1.96. The van der Waals surface area contributed by atoms with Crippen LogP contribution >= 0.6 is 11.3 Å². The highest BCUT2D eigenvalue weighted by molar-refractivity contribution is 7.25. The highest BCUT2D eigenvalue weighted by Gasteiger charge is 2.16. The quantitative estimate of drug-likeness (QED) is 0.224. The number of rotatable bonds is 3. The molecule has 0 fully saturated rings. The van der Waals surface area contributed by atoms with Gasteiger partial charge in [-0.25, -0.2) is 0 Å². The summed E-state index contributed by atoms with van der Waals surface area (Å²) in [6.45, 7) is 0. The number of benzene rings is 5. The van der Waals surface area contributed by atoms with E-state index in [2.05, 4.69) is 126 Å². The Morgan fingerprint density at radius 2 is 1.27 bits per heavy atom. The Bertz CT molecular complexity index is 2180. The molecule has 0 aliphatic heterocycles. The van der Waals surface area contributed by atoms with E-state index in [9.17, 15) is 5.26 Å². The van der Waals surface area contributed by atoms with E-state index in [0.717, 1.165) is 24.0 Å². The Labute approximate surface area is 236 Å². The van der Waals surface area contributed by atoms with Gasteiger partial charge in [-0.2, -0.15) is 5.26 Å². The van der Waals surface area contributed by atoms with E-state index >= 15 is 0 Å². The SMILES string of the molecule is N#CC1=CC(c2ccc3sc4ccc(-c5ccccc5-n5c6ccccc6c6ccccc65)cc4c3c2)=CCC1. The van der Waals surface area contributed by atoms with Crippen molar-refractivity contribution in [3.05, 3.63) is 132 Å². The maximum Gasteiger partial charge on any atom is 0.0947 e. The van der Waals surface area contributed by atoms with Crippen LogP contribution in [0.2, 0.25) is 0 Å². The van der Waals surface area contributed by atoms with Crippen LogP contribution in [0.4, 0.5) is 0 Å². The fourth-order valence-electron chi connectivity index (χ4n) is 6.21. The Kier molecular flexibility index (Phi) is 5.23. The van der Waals surface area contributed by atoms with Crippen molar-refractivity contribution in [2.24, 2.45) is 0 Å². The molecule has 8 rings (SSSR count). The molecule has 0 saturated heterocycles. The van der Waals surface area contributed by atoms with Gasteiger partial charge in [0.05, 0.1) is 22.8 Å². The molecule has 3 heteroatoms. The molecule has 0 atom stereocenters. The lowest BCUT2D eigenvalue weighted by molar-refractivity contribution is 0.998. The average molecular weight is 529 g/mol. The first-order valence-corrected chi connectivity index (χ1v) is 14.5. The summed E-state index contributed by atoms with van der Waals surface area (Å²) in [5, 5.41) is 14.5. The predicted molar refractivity (Wildman–Crippen MR) is 170 cm³/mol. The van der Waals surface area contributed by atoms with E-state index in [1.165, 1.54) is 64.4 Å². The zero-order valence-electron chi connectivity index (χ0n) is 21.8. The number of thiophene rings is 1. The smallest absolute Gasteiger partial charge is 0.0947 e. The minimum Gasteiger partial charge on any atom is -0.309 e. The summed E-state index contributed by atoms with van der Waals surface area (Å²) in [6, 6.07) is 42.1. The van der Waals surface area contributed by atoms with Crippen molar-refractivity contribution in [2.45, 2.75) is 12.8 Å². The van der Waals surface area contributed by atoms with Crippen LogP contribution in [0.3, 0.4) is 0 Å². The Morgan fingerprint density at radius 3 is 2.00 bits per heavy atom. The second kappa shape index (κ2) is 9.09. The summed E-state index contributed by atoms with van der Waals surface area (Å²) in [6.07, 6.45) is 6.05. The molecule has 0 saturated carbocycles. The van der Waals surface area contributed by atoms with Gasteiger partial charge in [0.1, 0.15) is 0 Å². The third-order valence-corrected chi connectivity index (χ3v) is 9.24. The summed E-state index contributed by atoms with van der Waals surface area (Å²) in [7, 11) is 0. The van der Waals surface area contributed by atoms with Gasteiger partial charge in [0.25, 0.3) is 0 Å². The van der Waals surface area contributed by atoms with Gasteiger partial charge in [0.2, 0.25) is 0 Å². The molecule has 1 aliphatic carbocycles. The summed E-state index contributed by atoms with van der Waals surface area (Å²) >= 11 is 1.84. The average Bonchev–Trinajstić information content (AvgIpc) is 3.56. The van der Waals surface area contributed by atoms with E-state index in [1.807, 2.05) is 17.4 Å². The first-order valence-electron chi connectivity index (χ1n) is 13.6. The van der Waals surface area contributed by atoms with Crippen LogP contribution < -0.4 is 0 Å². The largest absolute Gasteiger partial charge is 0.309 e. The molecule has 7 aromatic rings. The second-order valence-corrected chi connectivity index (χ2v) is 11.5. The van der Waals surface area contributed by atoms with E-state index in [1.54, 1.807) is 0 Å². The van der Waals surface area contributed by atoms with Gasteiger partial charge in [-0.1, -0.05) is 72.8 Å².